The van der Waals surface area contributed by atoms with Gasteiger partial charge in [0.25, 0.3) is 0 Å². The summed E-state index contributed by atoms with van der Waals surface area (Å²) in [4.78, 5) is 0. The molecule has 0 bridgehead atoms. The first-order valence-electron chi connectivity index (χ1n) is 3.95. The Kier molecular flexibility index (Phi) is 1.47. The third-order valence-corrected chi connectivity index (χ3v) is 2.16. The molecule has 12 heavy (non-hydrogen) atoms. The van der Waals surface area contributed by atoms with Crippen LogP contribution in [-0.4, -0.2) is 9.78 Å². The van der Waals surface area contributed by atoms with E-state index < -0.39 is 0 Å². The Morgan fingerprint density at radius 3 is 3.17 bits per heavy atom. The van der Waals surface area contributed by atoms with Crippen molar-refractivity contribution in [2.75, 3.05) is 0 Å². The van der Waals surface area contributed by atoms with Crippen LogP contribution in [0.5, 0.6) is 0 Å². The van der Waals surface area contributed by atoms with Crippen LogP contribution in [0.4, 0.5) is 0 Å². The van der Waals surface area contributed by atoms with Gasteiger partial charge in [0.15, 0.2) is 0 Å². The Labute approximate surface area is 70.9 Å². The van der Waals surface area contributed by atoms with Gasteiger partial charge in [-0.05, 0) is 25.3 Å². The second kappa shape index (κ2) is 2.49. The molecule has 0 saturated heterocycles. The molecule has 0 aromatic carbocycles. The smallest absolute Gasteiger partial charge is 0.0963 e. The number of fused-ring (bicyclic) bond motifs is 1. The molecule has 0 atom stereocenters. The van der Waals surface area contributed by atoms with E-state index in [0.717, 1.165) is 18.4 Å². The standard InChI is InChI=1S/C9H9N3/c1-7-5-11-12-6-8(4-10)2-3-9(7)12/h5-6H,2-3H2,1H3. The molecule has 0 N–H and O–H groups in total. The van der Waals surface area contributed by atoms with Gasteiger partial charge in [-0.3, -0.25) is 0 Å². The van der Waals surface area contributed by atoms with E-state index in [4.69, 9.17) is 5.26 Å². The lowest BCUT2D eigenvalue weighted by Gasteiger charge is -2.09. The average Bonchev–Trinajstić information content (AvgIpc) is 2.47. The molecule has 3 nitrogen and oxygen atoms in total. The van der Waals surface area contributed by atoms with Crippen LogP contribution in [0.3, 0.4) is 0 Å². The molecule has 2 rings (SSSR count). The minimum Gasteiger partial charge on any atom is -0.244 e. The van der Waals surface area contributed by atoms with Crippen LogP contribution >= 0.6 is 0 Å². The molecule has 3 heteroatoms. The monoisotopic (exact) mass is 159 g/mol. The van der Waals surface area contributed by atoms with E-state index in [0.29, 0.717) is 0 Å². The Morgan fingerprint density at radius 2 is 2.42 bits per heavy atom. The molecular weight excluding hydrogens is 150 g/mol. The van der Waals surface area contributed by atoms with Crippen molar-refractivity contribution in [1.82, 2.24) is 9.78 Å². The number of aromatic nitrogens is 2. The molecule has 1 aromatic heterocycles. The predicted molar refractivity (Wildman–Crippen MR) is 45.2 cm³/mol. The molecule has 0 aliphatic carbocycles. The van der Waals surface area contributed by atoms with Crippen molar-refractivity contribution in [2.45, 2.75) is 19.8 Å². The van der Waals surface area contributed by atoms with Gasteiger partial charge in [0, 0.05) is 17.5 Å². The highest BCUT2D eigenvalue weighted by atomic mass is 15.3. The Morgan fingerprint density at radius 1 is 1.58 bits per heavy atom. The summed E-state index contributed by atoms with van der Waals surface area (Å²) in [5.74, 6) is 0. The van der Waals surface area contributed by atoms with E-state index in [2.05, 4.69) is 11.2 Å². The summed E-state index contributed by atoms with van der Waals surface area (Å²) in [5.41, 5.74) is 3.25. The molecular formula is C9H9N3. The van der Waals surface area contributed by atoms with Crippen LogP contribution < -0.4 is 0 Å². The Balaban J connectivity index is 2.50. The van der Waals surface area contributed by atoms with E-state index in [9.17, 15) is 0 Å². The second-order valence-electron chi connectivity index (χ2n) is 2.98. The number of rotatable bonds is 0. The van der Waals surface area contributed by atoms with E-state index in [1.54, 1.807) is 4.68 Å². The third kappa shape index (κ3) is 0.928. The Hall–Kier alpha value is -1.56. The lowest BCUT2D eigenvalue weighted by atomic mass is 10.1. The zero-order valence-corrected chi connectivity index (χ0v) is 6.91. The zero-order chi connectivity index (χ0) is 8.55. The highest BCUT2D eigenvalue weighted by Gasteiger charge is 2.12. The fourth-order valence-corrected chi connectivity index (χ4v) is 1.45. The highest BCUT2D eigenvalue weighted by Crippen LogP contribution is 2.19. The highest BCUT2D eigenvalue weighted by molar-refractivity contribution is 5.44. The number of nitriles is 1. The lowest BCUT2D eigenvalue weighted by molar-refractivity contribution is 0.782. The van der Waals surface area contributed by atoms with Gasteiger partial charge >= 0.3 is 0 Å². The molecule has 60 valence electrons. The number of nitrogens with zero attached hydrogens (tertiary/aromatic N) is 3. The maximum Gasteiger partial charge on any atom is 0.0963 e. The van der Waals surface area contributed by atoms with Gasteiger partial charge in [0.1, 0.15) is 0 Å². The fraction of sp³-hybridized carbons (Fsp3) is 0.333. The minimum absolute atomic E-state index is 0.811. The number of allylic oxidation sites excluding steroid dienone is 1. The summed E-state index contributed by atoms with van der Waals surface area (Å²) < 4.78 is 1.80. The molecule has 0 unspecified atom stereocenters. The quantitative estimate of drug-likeness (QED) is 0.575. The van der Waals surface area contributed by atoms with E-state index >= 15 is 0 Å². The molecule has 1 aliphatic rings. The molecule has 0 fully saturated rings. The van der Waals surface area contributed by atoms with Crippen molar-refractivity contribution >= 4 is 6.20 Å². The topological polar surface area (TPSA) is 41.6 Å². The van der Waals surface area contributed by atoms with Gasteiger partial charge in [0.05, 0.1) is 12.3 Å². The second-order valence-corrected chi connectivity index (χ2v) is 2.98. The van der Waals surface area contributed by atoms with Crippen molar-refractivity contribution in [3.8, 4) is 6.07 Å². The summed E-state index contributed by atoms with van der Waals surface area (Å²) in [7, 11) is 0. The van der Waals surface area contributed by atoms with E-state index in [1.807, 2.05) is 19.3 Å². The van der Waals surface area contributed by atoms with Crippen LogP contribution in [-0.2, 0) is 6.42 Å². The molecule has 0 saturated carbocycles. The lowest BCUT2D eigenvalue weighted by Crippen LogP contribution is -2.05. The van der Waals surface area contributed by atoms with Crippen LogP contribution in [0.25, 0.3) is 6.20 Å². The summed E-state index contributed by atoms with van der Waals surface area (Å²) >= 11 is 0. The maximum atomic E-state index is 8.66. The summed E-state index contributed by atoms with van der Waals surface area (Å²) in [6.45, 7) is 2.05. The van der Waals surface area contributed by atoms with Crippen molar-refractivity contribution in [1.29, 1.82) is 5.26 Å². The largest absolute Gasteiger partial charge is 0.244 e. The van der Waals surface area contributed by atoms with Crippen LogP contribution in [0.15, 0.2) is 11.8 Å². The van der Waals surface area contributed by atoms with Crippen LogP contribution in [0.2, 0.25) is 0 Å². The molecule has 0 radical (unpaired) electrons. The molecule has 0 amide bonds. The summed E-state index contributed by atoms with van der Waals surface area (Å²) in [5, 5.41) is 12.8. The first kappa shape index (κ1) is 7.11. The van der Waals surface area contributed by atoms with Crippen molar-refractivity contribution < 1.29 is 0 Å². The first-order chi connectivity index (χ1) is 5.81. The van der Waals surface area contributed by atoms with E-state index in [1.165, 1.54) is 11.3 Å². The maximum absolute atomic E-state index is 8.66. The normalized spacial score (nSPS) is 14.8. The van der Waals surface area contributed by atoms with Gasteiger partial charge in [-0.15, -0.1) is 0 Å². The van der Waals surface area contributed by atoms with Gasteiger partial charge in [0.2, 0.25) is 0 Å². The zero-order valence-electron chi connectivity index (χ0n) is 6.91. The molecule has 2 heterocycles. The number of aryl methyl sites for hydroxylation is 1. The van der Waals surface area contributed by atoms with Crippen molar-refractivity contribution in [3.63, 3.8) is 0 Å². The molecule has 0 spiro atoms. The average molecular weight is 159 g/mol. The Bertz CT molecular complexity index is 379. The van der Waals surface area contributed by atoms with Crippen molar-refractivity contribution in [2.24, 2.45) is 0 Å². The predicted octanol–water partition coefficient (Wildman–Crippen LogP) is 1.50. The number of hydrogen-bond acceptors (Lipinski definition) is 2. The SMILES string of the molecule is Cc1cnn2c1CCC(C#N)=C2. The van der Waals surface area contributed by atoms with Gasteiger partial charge in [-0.1, -0.05) is 0 Å². The van der Waals surface area contributed by atoms with Crippen molar-refractivity contribution in [3.05, 3.63) is 23.0 Å². The summed E-state index contributed by atoms with van der Waals surface area (Å²) in [6, 6.07) is 2.15. The fourth-order valence-electron chi connectivity index (χ4n) is 1.45. The van der Waals surface area contributed by atoms with Gasteiger partial charge in [-0.25, -0.2) is 4.68 Å². The molecule has 1 aromatic rings. The first-order valence-corrected chi connectivity index (χ1v) is 3.95. The number of hydrogen-bond donors (Lipinski definition) is 0. The minimum atomic E-state index is 0.811. The van der Waals surface area contributed by atoms with Gasteiger partial charge < -0.3 is 0 Å². The van der Waals surface area contributed by atoms with E-state index in [-0.39, 0.29) is 0 Å². The summed E-state index contributed by atoms with van der Waals surface area (Å²) in [6.07, 6.45) is 5.44. The molecule has 1 aliphatic heterocycles. The third-order valence-electron chi connectivity index (χ3n) is 2.16. The van der Waals surface area contributed by atoms with Gasteiger partial charge in [-0.2, -0.15) is 10.4 Å². The van der Waals surface area contributed by atoms with Crippen LogP contribution in [0, 0.1) is 18.3 Å². The van der Waals surface area contributed by atoms with Crippen LogP contribution in [0.1, 0.15) is 17.7 Å².